The number of hydrogen-bond donors (Lipinski definition) is 1. The van der Waals surface area contributed by atoms with Crippen LogP contribution in [0.3, 0.4) is 0 Å². The number of likely N-dealkylation sites (tertiary alicyclic amines) is 1. The van der Waals surface area contributed by atoms with Gasteiger partial charge in [0.2, 0.25) is 11.8 Å². The molecule has 0 radical (unpaired) electrons. The first-order chi connectivity index (χ1) is 13.3. The molecule has 1 aliphatic rings. The van der Waals surface area contributed by atoms with Crippen LogP contribution in [0.4, 0.5) is 0 Å². The van der Waals surface area contributed by atoms with Crippen LogP contribution in [0.1, 0.15) is 40.9 Å². The van der Waals surface area contributed by atoms with Gasteiger partial charge in [0.1, 0.15) is 0 Å². The predicted octanol–water partition coefficient (Wildman–Crippen LogP) is 2.59. The highest BCUT2D eigenvalue weighted by molar-refractivity contribution is 5.92. The summed E-state index contributed by atoms with van der Waals surface area (Å²) in [6, 6.07) is 8.41. The second-order valence-electron chi connectivity index (χ2n) is 7.59. The van der Waals surface area contributed by atoms with Crippen molar-refractivity contribution in [3.63, 3.8) is 0 Å². The molecule has 6 heteroatoms. The van der Waals surface area contributed by atoms with Gasteiger partial charge in [-0.2, -0.15) is 5.10 Å². The van der Waals surface area contributed by atoms with Gasteiger partial charge in [0.25, 0.3) is 0 Å². The van der Waals surface area contributed by atoms with Crippen LogP contribution in [-0.4, -0.2) is 39.6 Å². The molecule has 1 aromatic heterocycles. The molecule has 0 spiro atoms. The van der Waals surface area contributed by atoms with Crippen molar-refractivity contribution in [2.45, 2.75) is 40.2 Å². The fraction of sp³-hybridized carbons (Fsp3) is 0.409. The number of carbonyl (C=O) groups is 2. The van der Waals surface area contributed by atoms with Crippen LogP contribution in [0.15, 0.2) is 30.3 Å². The van der Waals surface area contributed by atoms with Crippen LogP contribution in [0.5, 0.6) is 0 Å². The molecule has 2 N–H and O–H groups in total. The molecule has 28 heavy (non-hydrogen) atoms. The molecular weight excluding hydrogens is 352 g/mol. The molecule has 2 heterocycles. The Morgan fingerprint density at radius 1 is 1.21 bits per heavy atom. The van der Waals surface area contributed by atoms with Crippen molar-refractivity contribution in [1.82, 2.24) is 14.7 Å². The fourth-order valence-electron chi connectivity index (χ4n) is 3.64. The number of nitrogens with two attached hydrogens (primary N) is 1. The Bertz CT molecular complexity index is 896. The number of primary amides is 1. The van der Waals surface area contributed by atoms with Crippen LogP contribution in [0, 0.1) is 26.7 Å². The highest BCUT2D eigenvalue weighted by Crippen LogP contribution is 2.19. The Labute approximate surface area is 166 Å². The molecule has 1 atom stereocenters. The smallest absolute Gasteiger partial charge is 0.246 e. The quantitative estimate of drug-likeness (QED) is 0.810. The number of hydrogen-bond acceptors (Lipinski definition) is 3. The van der Waals surface area contributed by atoms with E-state index < -0.39 is 0 Å². The molecule has 1 fully saturated rings. The number of benzene rings is 1. The summed E-state index contributed by atoms with van der Waals surface area (Å²) in [5.74, 6) is -0.659. The minimum absolute atomic E-state index is 0.0870. The van der Waals surface area contributed by atoms with Gasteiger partial charge in [-0.15, -0.1) is 0 Å². The van der Waals surface area contributed by atoms with Gasteiger partial charge >= 0.3 is 0 Å². The normalized spacial score (nSPS) is 17.2. The highest BCUT2D eigenvalue weighted by atomic mass is 16.2. The molecule has 0 saturated carbocycles. The van der Waals surface area contributed by atoms with Crippen LogP contribution in [0.2, 0.25) is 0 Å². The van der Waals surface area contributed by atoms with Gasteiger partial charge in [0.15, 0.2) is 0 Å². The van der Waals surface area contributed by atoms with Crippen molar-refractivity contribution < 1.29 is 9.59 Å². The average Bonchev–Trinajstić information content (AvgIpc) is 2.94. The van der Waals surface area contributed by atoms with Gasteiger partial charge in [-0.25, -0.2) is 0 Å². The topological polar surface area (TPSA) is 81.2 Å². The summed E-state index contributed by atoms with van der Waals surface area (Å²) in [6.45, 7) is 7.80. The molecule has 2 aromatic rings. The third-order valence-electron chi connectivity index (χ3n) is 5.42. The van der Waals surface area contributed by atoms with E-state index in [-0.39, 0.29) is 17.7 Å². The van der Waals surface area contributed by atoms with Crippen molar-refractivity contribution in [2.75, 3.05) is 13.1 Å². The van der Waals surface area contributed by atoms with E-state index in [0.717, 1.165) is 29.8 Å². The molecule has 3 rings (SSSR count). The Balaban J connectivity index is 1.71. The molecule has 1 saturated heterocycles. The van der Waals surface area contributed by atoms with E-state index >= 15 is 0 Å². The Morgan fingerprint density at radius 3 is 2.61 bits per heavy atom. The number of nitrogens with zero attached hydrogens (tertiary/aromatic N) is 3. The number of piperidine rings is 1. The maximum atomic E-state index is 12.6. The summed E-state index contributed by atoms with van der Waals surface area (Å²) in [5.41, 5.74) is 10.7. The predicted molar refractivity (Wildman–Crippen MR) is 110 cm³/mol. The van der Waals surface area contributed by atoms with E-state index in [2.05, 4.69) is 36.3 Å². The lowest BCUT2D eigenvalue weighted by Crippen LogP contribution is -2.43. The zero-order valence-electron chi connectivity index (χ0n) is 16.8. The Morgan fingerprint density at radius 2 is 1.93 bits per heavy atom. The van der Waals surface area contributed by atoms with Gasteiger partial charge in [-0.1, -0.05) is 29.8 Å². The van der Waals surface area contributed by atoms with E-state index in [1.807, 2.05) is 24.6 Å². The molecule has 6 nitrogen and oxygen atoms in total. The third-order valence-corrected chi connectivity index (χ3v) is 5.42. The van der Waals surface area contributed by atoms with E-state index in [4.69, 9.17) is 5.73 Å². The number of amides is 2. The summed E-state index contributed by atoms with van der Waals surface area (Å²) in [7, 11) is 0. The number of carbonyl (C=O) groups excluding carboxylic acids is 2. The number of aromatic nitrogens is 2. The first-order valence-corrected chi connectivity index (χ1v) is 9.71. The van der Waals surface area contributed by atoms with Gasteiger partial charge < -0.3 is 10.6 Å². The van der Waals surface area contributed by atoms with E-state index in [1.165, 1.54) is 11.1 Å². The number of aryl methyl sites for hydroxylation is 2. The van der Waals surface area contributed by atoms with Gasteiger partial charge in [0.05, 0.1) is 18.2 Å². The second-order valence-corrected chi connectivity index (χ2v) is 7.59. The summed E-state index contributed by atoms with van der Waals surface area (Å²) >= 11 is 0. The van der Waals surface area contributed by atoms with Crippen molar-refractivity contribution in [3.05, 3.63) is 58.4 Å². The van der Waals surface area contributed by atoms with Crippen LogP contribution in [-0.2, 0) is 16.1 Å². The SMILES string of the molecule is Cc1ccc(Cn2nc(C)c(/C=C/C(=O)N3CCCC(C(N)=O)C3)c2C)cc1. The van der Waals surface area contributed by atoms with E-state index in [9.17, 15) is 9.59 Å². The first kappa shape index (κ1) is 19.9. The van der Waals surface area contributed by atoms with E-state index in [1.54, 1.807) is 11.0 Å². The lowest BCUT2D eigenvalue weighted by atomic mass is 9.97. The summed E-state index contributed by atoms with van der Waals surface area (Å²) in [5, 5.41) is 4.63. The van der Waals surface area contributed by atoms with E-state index in [0.29, 0.717) is 19.6 Å². The van der Waals surface area contributed by atoms with Crippen molar-refractivity contribution in [2.24, 2.45) is 11.7 Å². The molecule has 0 aliphatic carbocycles. The second kappa shape index (κ2) is 8.42. The van der Waals surface area contributed by atoms with Gasteiger partial charge in [-0.3, -0.25) is 14.3 Å². The maximum Gasteiger partial charge on any atom is 0.246 e. The van der Waals surface area contributed by atoms with Crippen molar-refractivity contribution >= 4 is 17.9 Å². The first-order valence-electron chi connectivity index (χ1n) is 9.71. The zero-order chi connectivity index (χ0) is 20.3. The van der Waals surface area contributed by atoms with Crippen LogP contribution in [0.25, 0.3) is 6.08 Å². The highest BCUT2D eigenvalue weighted by Gasteiger charge is 2.26. The van der Waals surface area contributed by atoms with Crippen LogP contribution < -0.4 is 5.73 Å². The monoisotopic (exact) mass is 380 g/mol. The largest absolute Gasteiger partial charge is 0.369 e. The summed E-state index contributed by atoms with van der Waals surface area (Å²) in [6.07, 6.45) is 4.97. The third kappa shape index (κ3) is 4.50. The summed E-state index contributed by atoms with van der Waals surface area (Å²) in [4.78, 5) is 25.7. The van der Waals surface area contributed by atoms with Crippen molar-refractivity contribution in [3.8, 4) is 0 Å². The van der Waals surface area contributed by atoms with Gasteiger partial charge in [-0.05, 0) is 45.3 Å². The minimum Gasteiger partial charge on any atom is -0.369 e. The maximum absolute atomic E-state index is 12.6. The molecule has 2 amide bonds. The molecule has 1 unspecified atom stereocenters. The Kier molecular flexibility index (Phi) is 5.97. The molecular formula is C22H28N4O2. The lowest BCUT2D eigenvalue weighted by molar-refractivity contribution is -0.130. The van der Waals surface area contributed by atoms with Crippen LogP contribution >= 0.6 is 0 Å². The fourth-order valence-corrected chi connectivity index (χ4v) is 3.64. The average molecular weight is 380 g/mol. The molecule has 0 bridgehead atoms. The Hall–Kier alpha value is -2.89. The molecule has 1 aromatic carbocycles. The molecule has 1 aliphatic heterocycles. The number of rotatable bonds is 5. The minimum atomic E-state index is -0.328. The standard InChI is InChI=1S/C22H28N4O2/c1-15-6-8-18(9-7-15)13-26-17(3)20(16(2)24-26)10-11-21(27)25-12-4-5-19(14-25)22(23)28/h6-11,19H,4-5,12-14H2,1-3H3,(H2,23,28)/b11-10+. The zero-order valence-corrected chi connectivity index (χ0v) is 16.8. The molecule has 148 valence electrons. The lowest BCUT2D eigenvalue weighted by Gasteiger charge is -2.30. The van der Waals surface area contributed by atoms with Gasteiger partial charge in [0, 0.05) is 30.4 Å². The summed E-state index contributed by atoms with van der Waals surface area (Å²) < 4.78 is 1.97. The van der Waals surface area contributed by atoms with Crippen molar-refractivity contribution in [1.29, 1.82) is 0 Å².